The van der Waals surface area contributed by atoms with E-state index in [-0.39, 0.29) is 5.41 Å². The van der Waals surface area contributed by atoms with Crippen LogP contribution >= 0.6 is 0 Å². The fraction of sp³-hybridized carbons (Fsp3) is 0.917. The Morgan fingerprint density at radius 2 is 2.07 bits per heavy atom. The molecule has 1 aliphatic rings. The first kappa shape index (κ1) is 11.5. The Kier molecular flexibility index (Phi) is 3.95. The molecule has 0 aliphatic heterocycles. The van der Waals surface area contributed by atoms with Crippen LogP contribution in [0, 0.1) is 22.7 Å². The van der Waals surface area contributed by atoms with Gasteiger partial charge in [-0.15, -0.1) is 0 Å². The van der Waals surface area contributed by atoms with Gasteiger partial charge in [0.05, 0.1) is 11.5 Å². The number of hydrogen-bond acceptors (Lipinski definition) is 2. The third-order valence-corrected chi connectivity index (χ3v) is 3.21. The summed E-state index contributed by atoms with van der Waals surface area (Å²) in [6.07, 6.45) is 4.69. The van der Waals surface area contributed by atoms with Crippen molar-refractivity contribution < 1.29 is 0 Å². The Bertz CT molecular complexity index is 211. The second kappa shape index (κ2) is 4.79. The van der Waals surface area contributed by atoms with E-state index in [4.69, 9.17) is 5.26 Å². The molecule has 0 saturated heterocycles. The van der Waals surface area contributed by atoms with Crippen LogP contribution in [0.4, 0.5) is 0 Å². The molecule has 0 amide bonds. The van der Waals surface area contributed by atoms with Crippen molar-refractivity contribution in [1.82, 2.24) is 4.90 Å². The molecule has 1 rings (SSSR count). The molecule has 0 bridgehead atoms. The van der Waals surface area contributed by atoms with E-state index in [0.717, 1.165) is 31.8 Å². The number of rotatable bonds is 5. The van der Waals surface area contributed by atoms with Crippen molar-refractivity contribution in [3.63, 3.8) is 0 Å². The van der Waals surface area contributed by atoms with Crippen LogP contribution in [-0.2, 0) is 0 Å². The maximum atomic E-state index is 9.09. The van der Waals surface area contributed by atoms with Crippen LogP contribution < -0.4 is 0 Å². The molecular weight excluding hydrogens is 172 g/mol. The predicted molar refractivity (Wildman–Crippen MR) is 58.8 cm³/mol. The molecule has 0 atom stereocenters. The normalized spacial score (nSPS) is 19.4. The molecular formula is C12H22N2. The minimum atomic E-state index is 0.00568. The zero-order valence-corrected chi connectivity index (χ0v) is 9.71. The molecule has 0 N–H and O–H groups in total. The maximum Gasteiger partial charge on any atom is 0.0703 e. The molecule has 1 fully saturated rings. The molecule has 2 heteroatoms. The molecule has 1 saturated carbocycles. The predicted octanol–water partition coefficient (Wildman–Crippen LogP) is 2.66. The van der Waals surface area contributed by atoms with Gasteiger partial charge in [-0.05, 0) is 38.8 Å². The summed E-state index contributed by atoms with van der Waals surface area (Å²) in [7, 11) is 2.14. The standard InChI is InChI=1S/C12H22N2/c1-11(2)5-8-14(3)10-12(9-13)6-4-7-12/h11H,4-8,10H2,1-3H3. The minimum Gasteiger partial charge on any atom is -0.305 e. The van der Waals surface area contributed by atoms with Crippen molar-refractivity contribution in [3.05, 3.63) is 0 Å². The van der Waals surface area contributed by atoms with E-state index in [0.29, 0.717) is 0 Å². The molecule has 0 unspecified atom stereocenters. The molecule has 0 heterocycles. The summed E-state index contributed by atoms with van der Waals surface area (Å²) in [6.45, 7) is 6.59. The van der Waals surface area contributed by atoms with Gasteiger partial charge < -0.3 is 4.90 Å². The van der Waals surface area contributed by atoms with Gasteiger partial charge in [0, 0.05) is 6.54 Å². The first-order chi connectivity index (χ1) is 6.58. The Morgan fingerprint density at radius 1 is 1.43 bits per heavy atom. The quantitative estimate of drug-likeness (QED) is 0.672. The van der Waals surface area contributed by atoms with Crippen molar-refractivity contribution >= 4 is 0 Å². The third kappa shape index (κ3) is 2.99. The first-order valence-electron chi connectivity index (χ1n) is 5.68. The minimum absolute atomic E-state index is 0.00568. The van der Waals surface area contributed by atoms with Gasteiger partial charge in [0.1, 0.15) is 0 Å². The van der Waals surface area contributed by atoms with Crippen LogP contribution in [0.15, 0.2) is 0 Å². The summed E-state index contributed by atoms with van der Waals surface area (Å²) in [5, 5.41) is 9.09. The summed E-state index contributed by atoms with van der Waals surface area (Å²) >= 11 is 0. The number of nitrogens with zero attached hydrogens (tertiary/aromatic N) is 2. The Morgan fingerprint density at radius 3 is 2.43 bits per heavy atom. The van der Waals surface area contributed by atoms with Gasteiger partial charge in [-0.25, -0.2) is 0 Å². The van der Waals surface area contributed by atoms with Crippen molar-refractivity contribution in [3.8, 4) is 6.07 Å². The molecule has 0 aromatic carbocycles. The highest BCUT2D eigenvalue weighted by atomic mass is 15.1. The lowest BCUT2D eigenvalue weighted by Crippen LogP contribution is -2.40. The van der Waals surface area contributed by atoms with Gasteiger partial charge in [-0.3, -0.25) is 0 Å². The second-order valence-corrected chi connectivity index (χ2v) is 5.17. The Hall–Kier alpha value is -0.550. The zero-order chi connectivity index (χ0) is 10.6. The van der Waals surface area contributed by atoms with Crippen LogP contribution in [0.5, 0.6) is 0 Å². The molecule has 0 aromatic rings. The fourth-order valence-electron chi connectivity index (χ4n) is 1.98. The summed E-state index contributed by atoms with van der Waals surface area (Å²) in [6, 6.07) is 2.49. The topological polar surface area (TPSA) is 27.0 Å². The van der Waals surface area contributed by atoms with Crippen LogP contribution in [0.2, 0.25) is 0 Å². The van der Waals surface area contributed by atoms with Crippen molar-refractivity contribution in [2.24, 2.45) is 11.3 Å². The third-order valence-electron chi connectivity index (χ3n) is 3.21. The van der Waals surface area contributed by atoms with Gasteiger partial charge in [0.2, 0.25) is 0 Å². The number of nitriles is 1. The SMILES string of the molecule is CC(C)CCN(C)CC1(C#N)CCC1. The largest absolute Gasteiger partial charge is 0.305 e. The van der Waals surface area contributed by atoms with Crippen molar-refractivity contribution in [2.75, 3.05) is 20.1 Å². The van der Waals surface area contributed by atoms with E-state index >= 15 is 0 Å². The van der Waals surface area contributed by atoms with E-state index in [1.54, 1.807) is 0 Å². The Labute approximate surface area is 87.9 Å². The van der Waals surface area contributed by atoms with Crippen LogP contribution in [0.1, 0.15) is 39.5 Å². The van der Waals surface area contributed by atoms with Gasteiger partial charge in [0.15, 0.2) is 0 Å². The average molecular weight is 194 g/mol. The average Bonchev–Trinajstić information content (AvgIpc) is 2.08. The first-order valence-corrected chi connectivity index (χ1v) is 5.68. The van der Waals surface area contributed by atoms with Gasteiger partial charge in [-0.2, -0.15) is 5.26 Å². The van der Waals surface area contributed by atoms with Crippen LogP contribution in [-0.4, -0.2) is 25.0 Å². The lowest BCUT2D eigenvalue weighted by atomic mass is 9.69. The van der Waals surface area contributed by atoms with E-state index < -0.39 is 0 Å². The number of hydrogen-bond donors (Lipinski definition) is 0. The summed E-state index contributed by atoms with van der Waals surface area (Å²) in [4.78, 5) is 2.32. The van der Waals surface area contributed by atoms with Crippen molar-refractivity contribution in [1.29, 1.82) is 5.26 Å². The lowest BCUT2D eigenvalue weighted by Gasteiger charge is -2.38. The molecule has 80 valence electrons. The van der Waals surface area contributed by atoms with Crippen molar-refractivity contribution in [2.45, 2.75) is 39.5 Å². The van der Waals surface area contributed by atoms with Gasteiger partial charge >= 0.3 is 0 Å². The fourth-order valence-corrected chi connectivity index (χ4v) is 1.98. The van der Waals surface area contributed by atoms with Gasteiger partial charge in [0.25, 0.3) is 0 Å². The summed E-state index contributed by atoms with van der Waals surface area (Å²) < 4.78 is 0. The zero-order valence-electron chi connectivity index (χ0n) is 9.71. The highest BCUT2D eigenvalue weighted by molar-refractivity contribution is 5.05. The molecule has 0 radical (unpaired) electrons. The van der Waals surface area contributed by atoms with Crippen LogP contribution in [0.3, 0.4) is 0 Å². The Balaban J connectivity index is 2.26. The highest BCUT2D eigenvalue weighted by Gasteiger charge is 2.37. The van der Waals surface area contributed by atoms with E-state index in [9.17, 15) is 0 Å². The lowest BCUT2D eigenvalue weighted by molar-refractivity contribution is 0.135. The van der Waals surface area contributed by atoms with Gasteiger partial charge in [-0.1, -0.05) is 20.3 Å². The molecule has 0 spiro atoms. The molecule has 0 aromatic heterocycles. The summed E-state index contributed by atoms with van der Waals surface area (Å²) in [5.41, 5.74) is 0.00568. The van der Waals surface area contributed by atoms with E-state index in [1.807, 2.05) is 0 Å². The van der Waals surface area contributed by atoms with E-state index in [2.05, 4.69) is 31.9 Å². The smallest absolute Gasteiger partial charge is 0.0703 e. The van der Waals surface area contributed by atoms with E-state index in [1.165, 1.54) is 12.8 Å². The summed E-state index contributed by atoms with van der Waals surface area (Å²) in [5.74, 6) is 0.761. The molecule has 14 heavy (non-hydrogen) atoms. The molecule has 1 aliphatic carbocycles. The molecule has 2 nitrogen and oxygen atoms in total. The van der Waals surface area contributed by atoms with Crippen LogP contribution in [0.25, 0.3) is 0 Å². The second-order valence-electron chi connectivity index (χ2n) is 5.17. The monoisotopic (exact) mass is 194 g/mol. The maximum absolute atomic E-state index is 9.09. The highest BCUT2D eigenvalue weighted by Crippen LogP contribution is 2.40.